The van der Waals surface area contributed by atoms with Gasteiger partial charge in [0.05, 0.1) is 19.3 Å². The molecule has 0 amide bonds. The van der Waals surface area contributed by atoms with E-state index in [9.17, 15) is 0 Å². The Morgan fingerprint density at radius 1 is 1.40 bits per heavy atom. The van der Waals surface area contributed by atoms with Gasteiger partial charge in [0.25, 0.3) is 0 Å². The van der Waals surface area contributed by atoms with Crippen molar-refractivity contribution in [1.82, 2.24) is 0 Å². The Morgan fingerprint density at radius 3 is 2.50 bits per heavy atom. The molecule has 10 heavy (non-hydrogen) atoms. The molecule has 2 nitrogen and oxygen atoms in total. The van der Waals surface area contributed by atoms with Crippen LogP contribution in [0.4, 0.5) is 0 Å². The van der Waals surface area contributed by atoms with Crippen LogP contribution < -0.4 is 0 Å². The summed E-state index contributed by atoms with van der Waals surface area (Å²) < 4.78 is 11.0. The molecule has 1 saturated heterocycles. The highest BCUT2D eigenvalue weighted by atomic mass is 28.3. The molecule has 60 valence electrons. The minimum atomic E-state index is -0.842. The van der Waals surface area contributed by atoms with E-state index in [0.29, 0.717) is 12.0 Å². The quantitative estimate of drug-likeness (QED) is 0.562. The van der Waals surface area contributed by atoms with Crippen molar-refractivity contribution in [3.63, 3.8) is 0 Å². The molecule has 2 atom stereocenters. The molecule has 1 aliphatic heterocycles. The summed E-state index contributed by atoms with van der Waals surface area (Å²) in [5, 5.41) is 0. The predicted molar refractivity (Wildman–Crippen MR) is 43.7 cm³/mol. The first-order valence-corrected chi connectivity index (χ1v) is 6.71. The van der Waals surface area contributed by atoms with E-state index in [2.05, 4.69) is 20.0 Å². The summed E-state index contributed by atoms with van der Waals surface area (Å²) in [6, 6.07) is 0. The molecule has 0 unspecified atom stereocenters. The summed E-state index contributed by atoms with van der Waals surface area (Å²) in [7, 11) is -0.842. The molecule has 1 fully saturated rings. The fourth-order valence-corrected chi connectivity index (χ4v) is 2.21. The van der Waals surface area contributed by atoms with Crippen LogP contribution in [0.1, 0.15) is 6.92 Å². The molecule has 0 aliphatic carbocycles. The van der Waals surface area contributed by atoms with Crippen LogP contribution in [-0.4, -0.2) is 28.4 Å². The van der Waals surface area contributed by atoms with E-state index in [1.165, 1.54) is 0 Å². The Morgan fingerprint density at radius 2 is 2.10 bits per heavy atom. The Balaban J connectivity index is 2.26. The van der Waals surface area contributed by atoms with Crippen molar-refractivity contribution >= 4 is 9.04 Å². The fraction of sp³-hybridized carbons (Fsp3) is 1.00. The van der Waals surface area contributed by atoms with E-state index in [1.54, 1.807) is 0 Å². The summed E-state index contributed by atoms with van der Waals surface area (Å²) in [5.41, 5.74) is 0. The van der Waals surface area contributed by atoms with E-state index in [0.717, 1.165) is 13.2 Å². The molecule has 3 heteroatoms. The van der Waals surface area contributed by atoms with Crippen molar-refractivity contribution in [3.8, 4) is 0 Å². The summed E-state index contributed by atoms with van der Waals surface area (Å²) in [6.45, 7) is 8.28. The molecule has 0 aromatic carbocycles. The van der Waals surface area contributed by atoms with E-state index in [1.807, 2.05) is 0 Å². The van der Waals surface area contributed by atoms with Gasteiger partial charge < -0.3 is 9.16 Å². The molecule has 0 saturated carbocycles. The Kier molecular flexibility index (Phi) is 2.89. The Hall–Kier alpha value is 0.137. The number of hydrogen-bond acceptors (Lipinski definition) is 2. The molecule has 0 spiro atoms. The monoisotopic (exact) mass is 160 g/mol. The van der Waals surface area contributed by atoms with Gasteiger partial charge in [-0.05, 0) is 13.1 Å². The lowest BCUT2D eigenvalue weighted by Gasteiger charge is -2.16. The fourth-order valence-electron chi connectivity index (χ4n) is 1.16. The predicted octanol–water partition coefficient (Wildman–Crippen LogP) is 1.02. The van der Waals surface area contributed by atoms with Crippen LogP contribution in [-0.2, 0) is 9.16 Å². The van der Waals surface area contributed by atoms with Gasteiger partial charge in [0, 0.05) is 5.92 Å². The molecular formula is C7H16O2Si. The van der Waals surface area contributed by atoms with Crippen molar-refractivity contribution in [2.45, 2.75) is 26.1 Å². The zero-order chi connectivity index (χ0) is 7.56. The van der Waals surface area contributed by atoms with Crippen LogP contribution in [0.5, 0.6) is 0 Å². The number of hydrogen-bond donors (Lipinski definition) is 0. The Bertz CT molecular complexity index is 106. The van der Waals surface area contributed by atoms with Crippen LogP contribution in [0.3, 0.4) is 0 Å². The van der Waals surface area contributed by atoms with Gasteiger partial charge in [-0.2, -0.15) is 0 Å². The van der Waals surface area contributed by atoms with Gasteiger partial charge >= 0.3 is 0 Å². The van der Waals surface area contributed by atoms with Gasteiger partial charge in [0.15, 0.2) is 9.04 Å². The van der Waals surface area contributed by atoms with Crippen molar-refractivity contribution in [2.75, 3.05) is 13.2 Å². The average Bonchev–Trinajstić information content (AvgIpc) is 2.15. The van der Waals surface area contributed by atoms with Crippen molar-refractivity contribution in [1.29, 1.82) is 0 Å². The normalized spacial score (nSPS) is 33.6. The lowest BCUT2D eigenvalue weighted by molar-refractivity contribution is 0.139. The molecule has 0 aromatic heterocycles. The second-order valence-corrected chi connectivity index (χ2v) is 5.61. The minimum Gasteiger partial charge on any atom is -0.415 e. The van der Waals surface area contributed by atoms with E-state index < -0.39 is 9.04 Å². The van der Waals surface area contributed by atoms with Crippen molar-refractivity contribution in [3.05, 3.63) is 0 Å². The second-order valence-electron chi connectivity index (χ2n) is 3.24. The van der Waals surface area contributed by atoms with Gasteiger partial charge in [0.2, 0.25) is 0 Å². The maximum atomic E-state index is 5.74. The lowest BCUT2D eigenvalue weighted by Crippen LogP contribution is -2.25. The first-order valence-electron chi connectivity index (χ1n) is 3.93. The maximum Gasteiger partial charge on any atom is 0.171 e. The summed E-state index contributed by atoms with van der Waals surface area (Å²) in [6.07, 6.45) is 0.395. The molecule has 1 heterocycles. The third kappa shape index (κ3) is 2.07. The molecular weight excluding hydrogens is 144 g/mol. The van der Waals surface area contributed by atoms with E-state index >= 15 is 0 Å². The van der Waals surface area contributed by atoms with Gasteiger partial charge in [0.1, 0.15) is 0 Å². The first kappa shape index (κ1) is 8.24. The standard InChI is InChI=1S/C7H16O2Si/c1-6-4-8-5-7(6)9-10(2)3/h6-7,10H,4-5H2,1-3H3/t6-,7-/m1/s1. The molecule has 0 N–H and O–H groups in total. The molecule has 0 radical (unpaired) electrons. The summed E-state index contributed by atoms with van der Waals surface area (Å²) in [5.74, 6) is 0.606. The van der Waals surface area contributed by atoms with Gasteiger partial charge in [-0.25, -0.2) is 0 Å². The van der Waals surface area contributed by atoms with Crippen LogP contribution >= 0.6 is 0 Å². The summed E-state index contributed by atoms with van der Waals surface area (Å²) >= 11 is 0. The van der Waals surface area contributed by atoms with Gasteiger partial charge in [-0.3, -0.25) is 0 Å². The van der Waals surface area contributed by atoms with Crippen molar-refractivity contribution in [2.24, 2.45) is 5.92 Å². The molecule has 1 rings (SSSR count). The average molecular weight is 160 g/mol. The van der Waals surface area contributed by atoms with Crippen LogP contribution in [0.25, 0.3) is 0 Å². The van der Waals surface area contributed by atoms with Gasteiger partial charge in [-0.15, -0.1) is 0 Å². The number of rotatable bonds is 2. The zero-order valence-electron chi connectivity index (χ0n) is 6.96. The van der Waals surface area contributed by atoms with E-state index in [4.69, 9.17) is 9.16 Å². The van der Waals surface area contributed by atoms with E-state index in [-0.39, 0.29) is 0 Å². The zero-order valence-corrected chi connectivity index (χ0v) is 8.12. The highest BCUT2D eigenvalue weighted by Gasteiger charge is 2.25. The Labute approximate surface area is 64.3 Å². The smallest absolute Gasteiger partial charge is 0.171 e. The second kappa shape index (κ2) is 3.51. The maximum absolute atomic E-state index is 5.74. The summed E-state index contributed by atoms with van der Waals surface area (Å²) in [4.78, 5) is 0. The van der Waals surface area contributed by atoms with Crippen molar-refractivity contribution < 1.29 is 9.16 Å². The highest BCUT2D eigenvalue weighted by molar-refractivity contribution is 6.48. The SMILES string of the molecule is C[C@@H]1COC[C@H]1O[SiH](C)C. The third-order valence-electron chi connectivity index (χ3n) is 1.74. The number of ether oxygens (including phenoxy) is 1. The molecule has 0 aromatic rings. The van der Waals surface area contributed by atoms with Gasteiger partial charge in [-0.1, -0.05) is 6.92 Å². The van der Waals surface area contributed by atoms with Crippen LogP contribution in [0, 0.1) is 5.92 Å². The largest absolute Gasteiger partial charge is 0.415 e. The minimum absolute atomic E-state index is 0.395. The van der Waals surface area contributed by atoms with Crippen LogP contribution in [0.2, 0.25) is 13.1 Å². The third-order valence-corrected chi connectivity index (χ3v) is 2.64. The highest BCUT2D eigenvalue weighted by Crippen LogP contribution is 2.16. The van der Waals surface area contributed by atoms with Crippen LogP contribution in [0.15, 0.2) is 0 Å². The molecule has 1 aliphatic rings. The topological polar surface area (TPSA) is 18.5 Å². The lowest BCUT2D eigenvalue weighted by atomic mass is 10.1. The first-order chi connectivity index (χ1) is 4.70. The molecule has 0 bridgehead atoms.